The van der Waals surface area contributed by atoms with Crippen molar-refractivity contribution in [3.63, 3.8) is 0 Å². The van der Waals surface area contributed by atoms with Crippen molar-refractivity contribution in [2.75, 3.05) is 0 Å². The molecule has 0 bridgehead atoms. The maximum atomic E-state index is 4.40. The lowest BCUT2D eigenvalue weighted by molar-refractivity contribution is 0.247. The van der Waals surface area contributed by atoms with Crippen LogP contribution in [0.5, 0.6) is 0 Å². The van der Waals surface area contributed by atoms with E-state index < -0.39 is 0 Å². The second-order valence-electron chi connectivity index (χ2n) is 4.27. The Bertz CT molecular complexity index is 301. The summed E-state index contributed by atoms with van der Waals surface area (Å²) in [4.78, 5) is 4.40. The van der Waals surface area contributed by atoms with Crippen LogP contribution in [-0.2, 0) is 13.0 Å². The molecule has 0 spiro atoms. The van der Waals surface area contributed by atoms with Gasteiger partial charge in [-0.2, -0.15) is 0 Å². The molecule has 1 aromatic heterocycles. The molecule has 0 N–H and O–H groups in total. The van der Waals surface area contributed by atoms with E-state index in [1.165, 1.54) is 12.2 Å². The van der Waals surface area contributed by atoms with Crippen LogP contribution in [0.15, 0.2) is 10.8 Å². The first-order valence-corrected chi connectivity index (χ1v) is 5.08. The lowest BCUT2D eigenvalue weighted by Crippen LogP contribution is -2.26. The zero-order valence-electron chi connectivity index (χ0n) is 7.47. The maximum Gasteiger partial charge on any atom is 0.124 e. The van der Waals surface area contributed by atoms with E-state index in [0.29, 0.717) is 5.41 Å². The summed E-state index contributed by atoms with van der Waals surface area (Å²) in [5, 5.41) is 0. The lowest BCUT2D eigenvalue weighted by atomic mass is 9.85. The lowest BCUT2D eigenvalue weighted by Gasteiger charge is -2.30. The molecular formula is C9H13BrN2. The standard InChI is InChI=1S/C9H13BrN2/c1-9(2)4-3-8-11-7(10)5-12(8)6-9/h5H,3-4,6H2,1-2H3. The Kier molecular flexibility index (Phi) is 1.79. The fourth-order valence-corrected chi connectivity index (χ4v) is 2.20. The third-order valence-electron chi connectivity index (χ3n) is 2.45. The summed E-state index contributed by atoms with van der Waals surface area (Å²) < 4.78 is 3.23. The number of nitrogens with zero attached hydrogens (tertiary/aromatic N) is 2. The molecule has 66 valence electrons. The molecule has 0 aromatic carbocycles. The Morgan fingerprint density at radius 1 is 1.58 bits per heavy atom. The SMILES string of the molecule is CC1(C)CCc2nc(Br)cn2C1. The highest BCUT2D eigenvalue weighted by atomic mass is 79.9. The highest BCUT2D eigenvalue weighted by molar-refractivity contribution is 9.10. The van der Waals surface area contributed by atoms with E-state index in [1.807, 2.05) is 0 Å². The summed E-state index contributed by atoms with van der Waals surface area (Å²) in [5.74, 6) is 1.22. The molecule has 1 aliphatic rings. The van der Waals surface area contributed by atoms with E-state index in [-0.39, 0.29) is 0 Å². The number of aromatic nitrogens is 2. The van der Waals surface area contributed by atoms with Crippen molar-refractivity contribution in [3.8, 4) is 0 Å². The van der Waals surface area contributed by atoms with Crippen molar-refractivity contribution in [1.29, 1.82) is 0 Å². The van der Waals surface area contributed by atoms with Gasteiger partial charge in [0.2, 0.25) is 0 Å². The van der Waals surface area contributed by atoms with Gasteiger partial charge in [0.25, 0.3) is 0 Å². The molecule has 2 nitrogen and oxygen atoms in total. The first-order valence-electron chi connectivity index (χ1n) is 4.28. The van der Waals surface area contributed by atoms with E-state index >= 15 is 0 Å². The van der Waals surface area contributed by atoms with Gasteiger partial charge >= 0.3 is 0 Å². The summed E-state index contributed by atoms with van der Waals surface area (Å²) in [5.41, 5.74) is 0.438. The summed E-state index contributed by atoms with van der Waals surface area (Å²) in [7, 11) is 0. The van der Waals surface area contributed by atoms with Gasteiger partial charge in [-0.05, 0) is 27.8 Å². The molecule has 1 aromatic rings. The second-order valence-corrected chi connectivity index (χ2v) is 5.08. The van der Waals surface area contributed by atoms with Crippen LogP contribution in [-0.4, -0.2) is 9.55 Å². The van der Waals surface area contributed by atoms with Crippen molar-refractivity contribution in [3.05, 3.63) is 16.6 Å². The van der Waals surface area contributed by atoms with Crippen molar-refractivity contribution in [2.24, 2.45) is 5.41 Å². The molecule has 3 heteroatoms. The molecule has 2 heterocycles. The quantitative estimate of drug-likeness (QED) is 0.668. The minimum absolute atomic E-state index is 0.438. The van der Waals surface area contributed by atoms with Crippen molar-refractivity contribution in [1.82, 2.24) is 9.55 Å². The fraction of sp³-hybridized carbons (Fsp3) is 0.667. The molecule has 0 saturated heterocycles. The zero-order chi connectivity index (χ0) is 8.77. The van der Waals surface area contributed by atoms with Crippen LogP contribution < -0.4 is 0 Å². The first-order chi connectivity index (χ1) is 5.57. The first kappa shape index (κ1) is 8.30. The average Bonchev–Trinajstić information content (AvgIpc) is 2.26. The van der Waals surface area contributed by atoms with E-state index in [4.69, 9.17) is 0 Å². The highest BCUT2D eigenvalue weighted by Crippen LogP contribution is 2.30. The predicted molar refractivity (Wildman–Crippen MR) is 52.0 cm³/mol. The molecule has 12 heavy (non-hydrogen) atoms. The van der Waals surface area contributed by atoms with Gasteiger partial charge in [-0.3, -0.25) is 0 Å². The number of aryl methyl sites for hydroxylation is 1. The van der Waals surface area contributed by atoms with Crippen LogP contribution in [0.25, 0.3) is 0 Å². The maximum absolute atomic E-state index is 4.40. The highest BCUT2D eigenvalue weighted by Gasteiger charge is 2.25. The van der Waals surface area contributed by atoms with Crippen LogP contribution in [0.3, 0.4) is 0 Å². The number of imidazole rings is 1. The number of fused-ring (bicyclic) bond motifs is 1. The van der Waals surface area contributed by atoms with Crippen molar-refractivity contribution in [2.45, 2.75) is 33.2 Å². The molecule has 0 amide bonds. The summed E-state index contributed by atoms with van der Waals surface area (Å²) in [6.07, 6.45) is 4.44. The molecule has 0 unspecified atom stereocenters. The normalized spacial score (nSPS) is 20.6. The monoisotopic (exact) mass is 228 g/mol. The number of rotatable bonds is 0. The van der Waals surface area contributed by atoms with Gasteiger partial charge in [0.15, 0.2) is 0 Å². The smallest absolute Gasteiger partial charge is 0.124 e. The van der Waals surface area contributed by atoms with Gasteiger partial charge < -0.3 is 4.57 Å². The van der Waals surface area contributed by atoms with Crippen LogP contribution in [0.4, 0.5) is 0 Å². The molecule has 0 radical (unpaired) electrons. The Balaban J connectivity index is 2.34. The largest absolute Gasteiger partial charge is 0.333 e. The Hall–Kier alpha value is -0.310. The fourth-order valence-electron chi connectivity index (χ4n) is 1.75. The molecular weight excluding hydrogens is 216 g/mol. The van der Waals surface area contributed by atoms with Gasteiger partial charge in [0.05, 0.1) is 0 Å². The molecule has 2 rings (SSSR count). The van der Waals surface area contributed by atoms with Crippen molar-refractivity contribution >= 4 is 15.9 Å². The molecule has 0 aliphatic carbocycles. The molecule has 1 aliphatic heterocycles. The molecule has 0 atom stereocenters. The summed E-state index contributed by atoms with van der Waals surface area (Å²) >= 11 is 3.40. The van der Waals surface area contributed by atoms with Gasteiger partial charge in [0.1, 0.15) is 10.4 Å². The Labute approximate surface area is 81.1 Å². The van der Waals surface area contributed by atoms with Crippen LogP contribution in [0.2, 0.25) is 0 Å². The summed E-state index contributed by atoms with van der Waals surface area (Å²) in [6, 6.07) is 0. The van der Waals surface area contributed by atoms with Gasteiger partial charge in [-0.1, -0.05) is 13.8 Å². The number of hydrogen-bond acceptors (Lipinski definition) is 1. The van der Waals surface area contributed by atoms with Gasteiger partial charge in [-0.25, -0.2) is 4.98 Å². The predicted octanol–water partition coefficient (Wildman–Crippen LogP) is 2.62. The van der Waals surface area contributed by atoms with Gasteiger partial charge in [-0.15, -0.1) is 0 Å². The molecule has 0 fully saturated rings. The third-order valence-corrected chi connectivity index (χ3v) is 2.84. The van der Waals surface area contributed by atoms with Crippen LogP contribution in [0, 0.1) is 5.41 Å². The van der Waals surface area contributed by atoms with Crippen LogP contribution in [0.1, 0.15) is 26.1 Å². The third kappa shape index (κ3) is 1.42. The number of halogens is 1. The van der Waals surface area contributed by atoms with E-state index in [1.54, 1.807) is 0 Å². The zero-order valence-corrected chi connectivity index (χ0v) is 9.06. The Morgan fingerprint density at radius 2 is 2.33 bits per heavy atom. The van der Waals surface area contributed by atoms with Crippen molar-refractivity contribution < 1.29 is 0 Å². The van der Waals surface area contributed by atoms with Crippen LogP contribution >= 0.6 is 15.9 Å². The second kappa shape index (κ2) is 2.59. The summed E-state index contributed by atoms with van der Waals surface area (Å²) in [6.45, 7) is 5.72. The van der Waals surface area contributed by atoms with E-state index in [2.05, 4.69) is 45.5 Å². The van der Waals surface area contributed by atoms with E-state index in [9.17, 15) is 0 Å². The Morgan fingerprint density at radius 3 is 3.08 bits per heavy atom. The number of hydrogen-bond donors (Lipinski definition) is 0. The topological polar surface area (TPSA) is 17.8 Å². The molecule has 0 saturated carbocycles. The minimum atomic E-state index is 0.438. The average molecular weight is 229 g/mol. The minimum Gasteiger partial charge on any atom is -0.333 e. The van der Waals surface area contributed by atoms with E-state index in [0.717, 1.165) is 17.6 Å². The van der Waals surface area contributed by atoms with Gasteiger partial charge in [0, 0.05) is 19.2 Å².